The molecule has 0 spiro atoms. The van der Waals surface area contributed by atoms with Crippen molar-refractivity contribution >= 4 is 5.91 Å². The number of nitrogens with zero attached hydrogens (tertiary/aromatic N) is 1. The molecule has 1 heterocycles. The first-order chi connectivity index (χ1) is 5.34. The molecule has 1 rings (SSSR count). The summed E-state index contributed by atoms with van der Waals surface area (Å²) < 4.78 is 0. The standard InChI is InChI=1S/C9H17NO/c1-2-3-4-6-9(11)10-7-5-8-10/h2-8H2,1H3. The Hall–Kier alpha value is -0.530. The van der Waals surface area contributed by atoms with Crippen molar-refractivity contribution in [2.45, 2.75) is 39.0 Å². The second-order valence-corrected chi connectivity index (χ2v) is 3.19. The minimum atomic E-state index is 0.365. The van der Waals surface area contributed by atoms with E-state index in [0.717, 1.165) is 25.9 Å². The van der Waals surface area contributed by atoms with E-state index >= 15 is 0 Å². The summed E-state index contributed by atoms with van der Waals surface area (Å²) in [4.78, 5) is 13.2. The number of hydrogen-bond acceptors (Lipinski definition) is 1. The average molecular weight is 155 g/mol. The highest BCUT2D eigenvalue weighted by atomic mass is 16.2. The topological polar surface area (TPSA) is 20.3 Å². The van der Waals surface area contributed by atoms with E-state index in [1.165, 1.54) is 19.3 Å². The largest absolute Gasteiger partial charge is 0.343 e. The predicted octanol–water partition coefficient (Wildman–Crippen LogP) is 1.80. The van der Waals surface area contributed by atoms with E-state index in [1.807, 2.05) is 4.90 Å². The van der Waals surface area contributed by atoms with E-state index in [4.69, 9.17) is 0 Å². The molecule has 1 aliphatic rings. The second-order valence-electron chi connectivity index (χ2n) is 3.19. The van der Waals surface area contributed by atoms with Gasteiger partial charge in [0.05, 0.1) is 0 Å². The monoisotopic (exact) mass is 155 g/mol. The minimum absolute atomic E-state index is 0.365. The number of carbonyl (C=O) groups is 1. The molecule has 11 heavy (non-hydrogen) atoms. The third-order valence-electron chi connectivity index (χ3n) is 2.20. The summed E-state index contributed by atoms with van der Waals surface area (Å²) in [5.41, 5.74) is 0. The molecule has 0 N–H and O–H groups in total. The van der Waals surface area contributed by atoms with Gasteiger partial charge in [-0.3, -0.25) is 4.79 Å². The van der Waals surface area contributed by atoms with Crippen molar-refractivity contribution in [1.29, 1.82) is 0 Å². The molecule has 0 bridgehead atoms. The van der Waals surface area contributed by atoms with Gasteiger partial charge in [-0.05, 0) is 12.8 Å². The molecule has 0 aromatic heterocycles. The van der Waals surface area contributed by atoms with E-state index in [1.54, 1.807) is 0 Å². The predicted molar refractivity (Wildman–Crippen MR) is 45.3 cm³/mol. The first-order valence-electron chi connectivity index (χ1n) is 4.62. The Balaban J connectivity index is 2.01. The molecule has 0 radical (unpaired) electrons. The summed E-state index contributed by atoms with van der Waals surface area (Å²) in [6, 6.07) is 0. The number of rotatable bonds is 4. The SMILES string of the molecule is CCCCCC(=O)N1CCC1. The Morgan fingerprint density at radius 1 is 1.36 bits per heavy atom. The van der Waals surface area contributed by atoms with Gasteiger partial charge in [-0.15, -0.1) is 0 Å². The molecule has 1 fully saturated rings. The lowest BCUT2D eigenvalue weighted by atomic mass is 10.1. The summed E-state index contributed by atoms with van der Waals surface area (Å²) in [5, 5.41) is 0. The lowest BCUT2D eigenvalue weighted by Crippen LogP contribution is -2.41. The van der Waals surface area contributed by atoms with Crippen molar-refractivity contribution < 1.29 is 4.79 Å². The van der Waals surface area contributed by atoms with Gasteiger partial charge in [0.1, 0.15) is 0 Å². The van der Waals surface area contributed by atoms with Crippen molar-refractivity contribution in [3.8, 4) is 0 Å². The van der Waals surface area contributed by atoms with Gasteiger partial charge in [-0.2, -0.15) is 0 Å². The van der Waals surface area contributed by atoms with Gasteiger partial charge in [0.15, 0.2) is 0 Å². The molecule has 0 unspecified atom stereocenters. The molecule has 1 aliphatic heterocycles. The molecule has 64 valence electrons. The fourth-order valence-electron chi connectivity index (χ4n) is 1.25. The summed E-state index contributed by atoms with van der Waals surface area (Å²) in [6.45, 7) is 4.17. The van der Waals surface area contributed by atoms with E-state index in [-0.39, 0.29) is 0 Å². The molecule has 1 saturated heterocycles. The van der Waals surface area contributed by atoms with Crippen LogP contribution in [0.25, 0.3) is 0 Å². The van der Waals surface area contributed by atoms with Crippen LogP contribution < -0.4 is 0 Å². The first kappa shape index (κ1) is 8.57. The number of hydrogen-bond donors (Lipinski definition) is 0. The van der Waals surface area contributed by atoms with Crippen LogP contribution in [0.4, 0.5) is 0 Å². The number of carbonyl (C=O) groups excluding carboxylic acids is 1. The van der Waals surface area contributed by atoms with E-state index in [2.05, 4.69) is 6.92 Å². The van der Waals surface area contributed by atoms with Crippen LogP contribution in [0.3, 0.4) is 0 Å². The van der Waals surface area contributed by atoms with Gasteiger partial charge in [0.2, 0.25) is 5.91 Å². The highest BCUT2D eigenvalue weighted by Crippen LogP contribution is 2.10. The highest BCUT2D eigenvalue weighted by Gasteiger charge is 2.18. The smallest absolute Gasteiger partial charge is 0.222 e. The zero-order valence-electron chi connectivity index (χ0n) is 7.31. The fraction of sp³-hybridized carbons (Fsp3) is 0.889. The quantitative estimate of drug-likeness (QED) is 0.567. The Morgan fingerprint density at radius 2 is 2.09 bits per heavy atom. The zero-order chi connectivity index (χ0) is 8.10. The Kier molecular flexibility index (Phi) is 3.40. The van der Waals surface area contributed by atoms with Crippen LogP contribution in [0, 0.1) is 0 Å². The molecular weight excluding hydrogens is 138 g/mol. The van der Waals surface area contributed by atoms with Crippen molar-refractivity contribution in [2.75, 3.05) is 13.1 Å². The maximum Gasteiger partial charge on any atom is 0.222 e. The fourth-order valence-corrected chi connectivity index (χ4v) is 1.25. The summed E-state index contributed by atoms with van der Waals surface area (Å²) in [6.07, 6.45) is 5.45. The van der Waals surface area contributed by atoms with Gasteiger partial charge < -0.3 is 4.90 Å². The normalized spacial score (nSPS) is 16.3. The Bertz CT molecular complexity index is 130. The first-order valence-corrected chi connectivity index (χ1v) is 4.62. The number of unbranched alkanes of at least 4 members (excludes halogenated alkanes) is 2. The van der Waals surface area contributed by atoms with Crippen LogP contribution in [0.15, 0.2) is 0 Å². The molecular formula is C9H17NO. The van der Waals surface area contributed by atoms with Crippen molar-refractivity contribution in [2.24, 2.45) is 0 Å². The van der Waals surface area contributed by atoms with Crippen LogP contribution in [-0.2, 0) is 4.79 Å². The average Bonchev–Trinajstić information content (AvgIpc) is 1.84. The van der Waals surface area contributed by atoms with Crippen LogP contribution in [0.1, 0.15) is 39.0 Å². The van der Waals surface area contributed by atoms with Gasteiger partial charge in [-0.25, -0.2) is 0 Å². The number of likely N-dealkylation sites (tertiary alicyclic amines) is 1. The van der Waals surface area contributed by atoms with E-state index in [9.17, 15) is 4.79 Å². The third-order valence-corrected chi connectivity index (χ3v) is 2.20. The maximum atomic E-state index is 11.2. The van der Waals surface area contributed by atoms with Crippen LogP contribution in [-0.4, -0.2) is 23.9 Å². The molecule has 0 atom stereocenters. The summed E-state index contributed by atoms with van der Waals surface area (Å²) in [7, 11) is 0. The molecule has 0 aliphatic carbocycles. The van der Waals surface area contributed by atoms with Crippen LogP contribution in [0.2, 0.25) is 0 Å². The lowest BCUT2D eigenvalue weighted by molar-refractivity contribution is -0.134. The lowest BCUT2D eigenvalue weighted by Gasteiger charge is -2.30. The van der Waals surface area contributed by atoms with Gasteiger partial charge in [-0.1, -0.05) is 19.8 Å². The molecule has 2 heteroatoms. The van der Waals surface area contributed by atoms with Gasteiger partial charge in [0, 0.05) is 19.5 Å². The molecule has 2 nitrogen and oxygen atoms in total. The molecule has 0 saturated carbocycles. The Morgan fingerprint density at radius 3 is 2.55 bits per heavy atom. The zero-order valence-corrected chi connectivity index (χ0v) is 7.31. The number of amides is 1. The van der Waals surface area contributed by atoms with E-state index < -0.39 is 0 Å². The maximum absolute atomic E-state index is 11.2. The second kappa shape index (κ2) is 4.37. The van der Waals surface area contributed by atoms with Crippen molar-refractivity contribution in [3.63, 3.8) is 0 Å². The van der Waals surface area contributed by atoms with Crippen molar-refractivity contribution in [1.82, 2.24) is 4.90 Å². The Labute approximate surface area is 68.6 Å². The van der Waals surface area contributed by atoms with E-state index in [0.29, 0.717) is 5.91 Å². The third kappa shape index (κ3) is 2.52. The van der Waals surface area contributed by atoms with Crippen LogP contribution >= 0.6 is 0 Å². The minimum Gasteiger partial charge on any atom is -0.343 e. The highest BCUT2D eigenvalue weighted by molar-refractivity contribution is 5.76. The summed E-state index contributed by atoms with van der Waals surface area (Å²) >= 11 is 0. The van der Waals surface area contributed by atoms with Gasteiger partial charge >= 0.3 is 0 Å². The molecule has 0 aromatic rings. The molecule has 1 amide bonds. The van der Waals surface area contributed by atoms with Gasteiger partial charge in [0.25, 0.3) is 0 Å². The summed E-state index contributed by atoms with van der Waals surface area (Å²) in [5.74, 6) is 0.365. The molecule has 0 aromatic carbocycles. The van der Waals surface area contributed by atoms with Crippen LogP contribution in [0.5, 0.6) is 0 Å². The van der Waals surface area contributed by atoms with Crippen molar-refractivity contribution in [3.05, 3.63) is 0 Å².